The SMILES string of the molecule is Cc1cc(Nc2ncnc3ccc(C#CC4OC(=O)NC4(C)C)cc23)ccc1Oc1ccccc1. The van der Waals surface area contributed by atoms with Crippen LogP contribution in [-0.4, -0.2) is 27.7 Å². The predicted molar refractivity (Wildman–Crippen MR) is 135 cm³/mol. The van der Waals surface area contributed by atoms with Crippen molar-refractivity contribution in [2.75, 3.05) is 5.32 Å². The van der Waals surface area contributed by atoms with Crippen LogP contribution in [0.4, 0.5) is 16.3 Å². The van der Waals surface area contributed by atoms with Gasteiger partial charge in [0.25, 0.3) is 0 Å². The Morgan fingerprint density at radius 2 is 1.89 bits per heavy atom. The van der Waals surface area contributed by atoms with E-state index in [2.05, 4.69) is 32.4 Å². The molecule has 4 aromatic rings. The highest BCUT2D eigenvalue weighted by molar-refractivity contribution is 5.91. The molecule has 2 N–H and O–H groups in total. The Hall–Kier alpha value is -4.57. The maximum atomic E-state index is 11.6. The number of anilines is 2. The number of carbonyl (C=O) groups excluding carboxylic acids is 1. The fourth-order valence-electron chi connectivity index (χ4n) is 3.80. The molecule has 0 bridgehead atoms. The van der Waals surface area contributed by atoms with Crippen molar-refractivity contribution in [1.29, 1.82) is 0 Å². The van der Waals surface area contributed by atoms with Gasteiger partial charge >= 0.3 is 6.09 Å². The molecule has 5 rings (SSSR count). The maximum Gasteiger partial charge on any atom is 0.409 e. The number of aromatic nitrogens is 2. The molecule has 1 aliphatic heterocycles. The number of amides is 1. The van der Waals surface area contributed by atoms with Crippen molar-refractivity contribution >= 4 is 28.5 Å². The maximum absolute atomic E-state index is 11.6. The van der Waals surface area contributed by atoms with Gasteiger partial charge in [0.2, 0.25) is 0 Å². The Labute approximate surface area is 203 Å². The number of carbonyl (C=O) groups is 1. The van der Waals surface area contributed by atoms with Gasteiger partial charge in [-0.1, -0.05) is 30.0 Å². The summed E-state index contributed by atoms with van der Waals surface area (Å²) in [6, 6.07) is 21.3. The van der Waals surface area contributed by atoms with Crippen molar-refractivity contribution in [2.45, 2.75) is 32.4 Å². The minimum atomic E-state index is -0.551. The van der Waals surface area contributed by atoms with Gasteiger partial charge in [-0.2, -0.15) is 0 Å². The van der Waals surface area contributed by atoms with Crippen LogP contribution in [-0.2, 0) is 4.74 Å². The molecular formula is C28H24N4O3. The first-order chi connectivity index (χ1) is 16.9. The summed E-state index contributed by atoms with van der Waals surface area (Å²) in [7, 11) is 0. The second kappa shape index (κ2) is 8.99. The number of alkyl carbamates (subject to hydrolysis) is 1. The number of cyclic esters (lactones) is 1. The van der Waals surface area contributed by atoms with Crippen LogP contribution in [0.15, 0.2) is 73.1 Å². The van der Waals surface area contributed by atoms with Gasteiger partial charge < -0.3 is 20.1 Å². The van der Waals surface area contributed by atoms with E-state index in [0.717, 1.165) is 39.2 Å². The van der Waals surface area contributed by atoms with Gasteiger partial charge in [0, 0.05) is 16.6 Å². The van der Waals surface area contributed by atoms with E-state index in [1.54, 1.807) is 0 Å². The summed E-state index contributed by atoms with van der Waals surface area (Å²) in [5, 5.41) is 6.99. The van der Waals surface area contributed by atoms with E-state index in [9.17, 15) is 4.79 Å². The normalized spacial score (nSPS) is 16.1. The molecule has 1 fully saturated rings. The number of rotatable bonds is 4. The van der Waals surface area contributed by atoms with Crippen molar-refractivity contribution in [3.05, 3.63) is 84.2 Å². The number of para-hydroxylation sites is 1. The minimum absolute atomic E-state index is 0.455. The summed E-state index contributed by atoms with van der Waals surface area (Å²) in [6.07, 6.45) is 0.542. The number of benzene rings is 3. The van der Waals surface area contributed by atoms with Crippen LogP contribution in [0.3, 0.4) is 0 Å². The average Bonchev–Trinajstić information content (AvgIpc) is 3.11. The van der Waals surface area contributed by atoms with Crippen LogP contribution in [0.1, 0.15) is 25.0 Å². The van der Waals surface area contributed by atoms with Crippen molar-refractivity contribution < 1.29 is 14.3 Å². The van der Waals surface area contributed by atoms with E-state index in [0.29, 0.717) is 5.82 Å². The van der Waals surface area contributed by atoms with E-state index in [-0.39, 0.29) is 0 Å². The average molecular weight is 465 g/mol. The number of fused-ring (bicyclic) bond motifs is 1. The van der Waals surface area contributed by atoms with Gasteiger partial charge in [-0.15, -0.1) is 0 Å². The Kier molecular flexibility index (Phi) is 5.71. The molecule has 1 aliphatic rings. The summed E-state index contributed by atoms with van der Waals surface area (Å²) >= 11 is 0. The van der Waals surface area contributed by atoms with Crippen LogP contribution in [0.5, 0.6) is 11.5 Å². The summed E-state index contributed by atoms with van der Waals surface area (Å²) in [5.74, 6) is 8.42. The van der Waals surface area contributed by atoms with Crippen LogP contribution in [0, 0.1) is 18.8 Å². The third-order valence-electron chi connectivity index (χ3n) is 5.70. The quantitative estimate of drug-likeness (QED) is 0.376. The van der Waals surface area contributed by atoms with Gasteiger partial charge in [0.05, 0.1) is 11.1 Å². The lowest BCUT2D eigenvalue weighted by atomic mass is 9.99. The number of hydrogen-bond donors (Lipinski definition) is 2. The molecule has 1 saturated heterocycles. The summed E-state index contributed by atoms with van der Waals surface area (Å²) in [5.41, 5.74) is 2.89. The lowest BCUT2D eigenvalue weighted by molar-refractivity contribution is 0.149. The third-order valence-corrected chi connectivity index (χ3v) is 5.70. The molecule has 1 unspecified atom stereocenters. The number of nitrogens with zero attached hydrogens (tertiary/aromatic N) is 2. The Morgan fingerprint density at radius 3 is 2.63 bits per heavy atom. The summed E-state index contributed by atoms with van der Waals surface area (Å²) in [6.45, 7) is 5.76. The lowest BCUT2D eigenvalue weighted by Gasteiger charge is -2.18. The summed E-state index contributed by atoms with van der Waals surface area (Å²) in [4.78, 5) is 20.4. The zero-order chi connectivity index (χ0) is 24.4. The minimum Gasteiger partial charge on any atom is -0.457 e. The molecule has 1 amide bonds. The van der Waals surface area contributed by atoms with E-state index in [1.807, 2.05) is 87.5 Å². The van der Waals surface area contributed by atoms with Gasteiger partial charge in [-0.25, -0.2) is 14.8 Å². The molecule has 0 aliphatic carbocycles. The standard InChI is InChI=1S/C28H24N4O3/c1-18-15-20(11-13-24(18)34-21-7-5-4-6-8-21)31-26-22-16-19(9-12-23(22)29-17-30-26)10-14-25-28(2,3)32-27(33)35-25/h4-9,11-13,15-17,25H,1-3H3,(H,32,33)(H,29,30,31). The molecule has 1 aromatic heterocycles. The largest absolute Gasteiger partial charge is 0.457 e. The van der Waals surface area contributed by atoms with Gasteiger partial charge in [-0.3, -0.25) is 0 Å². The van der Waals surface area contributed by atoms with E-state index in [1.165, 1.54) is 6.33 Å². The monoisotopic (exact) mass is 464 g/mol. The van der Waals surface area contributed by atoms with Gasteiger partial charge in [0.15, 0.2) is 6.10 Å². The van der Waals surface area contributed by atoms with Crippen molar-refractivity contribution in [1.82, 2.24) is 15.3 Å². The molecular weight excluding hydrogens is 440 g/mol. The van der Waals surface area contributed by atoms with Crippen molar-refractivity contribution in [3.8, 4) is 23.3 Å². The smallest absolute Gasteiger partial charge is 0.409 e. The second-order valence-electron chi connectivity index (χ2n) is 8.88. The Morgan fingerprint density at radius 1 is 1.06 bits per heavy atom. The van der Waals surface area contributed by atoms with Crippen LogP contribution < -0.4 is 15.4 Å². The van der Waals surface area contributed by atoms with E-state index in [4.69, 9.17) is 9.47 Å². The fraction of sp³-hybridized carbons (Fsp3) is 0.179. The molecule has 7 nitrogen and oxygen atoms in total. The number of aryl methyl sites for hydroxylation is 1. The zero-order valence-corrected chi connectivity index (χ0v) is 19.6. The molecule has 0 radical (unpaired) electrons. The highest BCUT2D eigenvalue weighted by Crippen LogP contribution is 2.30. The van der Waals surface area contributed by atoms with Crippen molar-refractivity contribution in [3.63, 3.8) is 0 Å². The predicted octanol–water partition coefficient (Wildman–Crippen LogP) is 5.71. The third kappa shape index (κ3) is 4.87. The molecule has 174 valence electrons. The fourth-order valence-corrected chi connectivity index (χ4v) is 3.80. The second-order valence-corrected chi connectivity index (χ2v) is 8.88. The molecule has 3 aromatic carbocycles. The Bertz CT molecular complexity index is 1470. The van der Waals surface area contributed by atoms with Crippen LogP contribution in [0.2, 0.25) is 0 Å². The summed E-state index contributed by atoms with van der Waals surface area (Å²) < 4.78 is 11.3. The molecule has 2 heterocycles. The van der Waals surface area contributed by atoms with Crippen LogP contribution in [0.25, 0.3) is 10.9 Å². The van der Waals surface area contributed by atoms with Crippen molar-refractivity contribution in [2.24, 2.45) is 0 Å². The van der Waals surface area contributed by atoms with E-state index >= 15 is 0 Å². The molecule has 1 atom stereocenters. The topological polar surface area (TPSA) is 85.4 Å². The van der Waals surface area contributed by atoms with Crippen LogP contribution >= 0.6 is 0 Å². The number of ether oxygens (including phenoxy) is 2. The number of nitrogens with one attached hydrogen (secondary N) is 2. The Balaban J connectivity index is 1.40. The molecule has 0 spiro atoms. The lowest BCUT2D eigenvalue weighted by Crippen LogP contribution is -2.41. The van der Waals surface area contributed by atoms with E-state index < -0.39 is 17.7 Å². The highest BCUT2D eigenvalue weighted by atomic mass is 16.6. The first-order valence-corrected chi connectivity index (χ1v) is 11.2. The molecule has 0 saturated carbocycles. The van der Waals surface area contributed by atoms with Gasteiger partial charge in [-0.05, 0) is 74.9 Å². The number of hydrogen-bond acceptors (Lipinski definition) is 6. The molecule has 7 heteroatoms. The zero-order valence-electron chi connectivity index (χ0n) is 19.6. The highest BCUT2D eigenvalue weighted by Gasteiger charge is 2.40. The van der Waals surface area contributed by atoms with Gasteiger partial charge in [0.1, 0.15) is 23.6 Å². The molecule has 35 heavy (non-hydrogen) atoms. The first-order valence-electron chi connectivity index (χ1n) is 11.2. The first kappa shape index (κ1) is 22.2.